The Kier molecular flexibility index (Phi) is 3.83. The predicted octanol–water partition coefficient (Wildman–Crippen LogP) is -0.0604. The predicted molar refractivity (Wildman–Crippen MR) is 69.0 cm³/mol. The Balaban J connectivity index is 1.95. The Morgan fingerprint density at radius 2 is 2.15 bits per heavy atom. The van der Waals surface area contributed by atoms with E-state index in [2.05, 4.69) is 15.6 Å². The summed E-state index contributed by atoms with van der Waals surface area (Å²) in [6.45, 7) is 1.86. The lowest BCUT2D eigenvalue weighted by Gasteiger charge is -2.05. The number of hydrogen-bond donors (Lipinski definition) is 2. The molecule has 0 aromatic carbocycles. The molecule has 0 aliphatic rings. The van der Waals surface area contributed by atoms with Gasteiger partial charge in [0.05, 0.1) is 12.7 Å². The van der Waals surface area contributed by atoms with Crippen molar-refractivity contribution in [2.75, 3.05) is 0 Å². The summed E-state index contributed by atoms with van der Waals surface area (Å²) in [5.74, 6) is -1.21. The molecule has 0 spiro atoms. The maximum atomic E-state index is 12.0. The van der Waals surface area contributed by atoms with Crippen LogP contribution in [-0.4, -0.2) is 36.5 Å². The first-order chi connectivity index (χ1) is 9.47. The number of nitrogens with one attached hydrogen (secondary N) is 1. The molecule has 0 bridgehead atoms. The quantitative estimate of drug-likeness (QED) is 0.797. The minimum Gasteiger partial charge on any atom is -0.480 e. The Morgan fingerprint density at radius 1 is 1.40 bits per heavy atom. The van der Waals surface area contributed by atoms with Crippen molar-refractivity contribution in [3.8, 4) is 0 Å². The standard InChI is InChI=1S/C12H15N5O3/c1-8-3-4-10(16(8)2)12(20)13-5-9-6-17(15-14-9)7-11(18)19/h3-4,6H,5,7H2,1-2H3,(H,13,20)(H,18,19). The van der Waals surface area contributed by atoms with Gasteiger partial charge in [0.15, 0.2) is 0 Å². The Labute approximate surface area is 115 Å². The summed E-state index contributed by atoms with van der Waals surface area (Å²) in [5, 5.41) is 18.8. The van der Waals surface area contributed by atoms with Gasteiger partial charge in [-0.1, -0.05) is 5.21 Å². The van der Waals surface area contributed by atoms with Gasteiger partial charge in [0, 0.05) is 12.7 Å². The Morgan fingerprint density at radius 3 is 2.75 bits per heavy atom. The molecule has 8 heteroatoms. The van der Waals surface area contributed by atoms with Crippen LogP contribution in [0.15, 0.2) is 18.3 Å². The van der Waals surface area contributed by atoms with E-state index >= 15 is 0 Å². The van der Waals surface area contributed by atoms with Crippen molar-refractivity contribution < 1.29 is 14.7 Å². The molecule has 106 valence electrons. The van der Waals surface area contributed by atoms with E-state index in [1.165, 1.54) is 10.9 Å². The molecule has 0 radical (unpaired) electrons. The number of amides is 1. The highest BCUT2D eigenvalue weighted by molar-refractivity contribution is 5.92. The third kappa shape index (κ3) is 3.02. The second-order valence-electron chi connectivity index (χ2n) is 4.40. The first-order valence-corrected chi connectivity index (χ1v) is 5.98. The molecule has 0 saturated heterocycles. The molecule has 8 nitrogen and oxygen atoms in total. The van der Waals surface area contributed by atoms with E-state index in [4.69, 9.17) is 5.11 Å². The molecule has 2 heterocycles. The Hall–Kier alpha value is -2.64. The minimum atomic E-state index is -0.996. The number of carboxylic acid groups (broad SMARTS) is 1. The van der Waals surface area contributed by atoms with Crippen LogP contribution in [0.4, 0.5) is 0 Å². The summed E-state index contributed by atoms with van der Waals surface area (Å²) in [4.78, 5) is 22.5. The smallest absolute Gasteiger partial charge is 0.325 e. The van der Waals surface area contributed by atoms with Crippen LogP contribution >= 0.6 is 0 Å². The molecule has 20 heavy (non-hydrogen) atoms. The summed E-state index contributed by atoms with van der Waals surface area (Å²) in [7, 11) is 1.81. The number of aryl methyl sites for hydroxylation is 1. The van der Waals surface area contributed by atoms with E-state index in [-0.39, 0.29) is 19.0 Å². The number of carbonyl (C=O) groups excluding carboxylic acids is 1. The zero-order chi connectivity index (χ0) is 14.7. The fourth-order valence-corrected chi connectivity index (χ4v) is 1.74. The summed E-state index contributed by atoms with van der Waals surface area (Å²) in [5.41, 5.74) is 2.05. The van der Waals surface area contributed by atoms with E-state index in [0.717, 1.165) is 5.69 Å². The molecule has 2 aromatic rings. The summed E-state index contributed by atoms with van der Waals surface area (Å²) in [6.07, 6.45) is 1.49. The number of hydrogen-bond acceptors (Lipinski definition) is 4. The number of carbonyl (C=O) groups is 2. The number of carboxylic acids is 1. The maximum Gasteiger partial charge on any atom is 0.325 e. The molecule has 0 saturated carbocycles. The zero-order valence-electron chi connectivity index (χ0n) is 11.2. The van der Waals surface area contributed by atoms with Crippen molar-refractivity contribution in [1.82, 2.24) is 24.9 Å². The largest absolute Gasteiger partial charge is 0.480 e. The summed E-state index contributed by atoms with van der Waals surface area (Å²) in [6, 6.07) is 3.60. The monoisotopic (exact) mass is 277 g/mol. The molecule has 0 unspecified atom stereocenters. The molecule has 0 aliphatic heterocycles. The molecular formula is C12H15N5O3. The van der Waals surface area contributed by atoms with Gasteiger partial charge in [-0.15, -0.1) is 5.10 Å². The van der Waals surface area contributed by atoms with Gasteiger partial charge in [-0.05, 0) is 19.1 Å². The van der Waals surface area contributed by atoms with Gasteiger partial charge >= 0.3 is 5.97 Å². The van der Waals surface area contributed by atoms with Crippen LogP contribution in [0.5, 0.6) is 0 Å². The maximum absolute atomic E-state index is 12.0. The van der Waals surface area contributed by atoms with E-state index in [9.17, 15) is 9.59 Å². The van der Waals surface area contributed by atoms with Crippen molar-refractivity contribution in [2.45, 2.75) is 20.0 Å². The van der Waals surface area contributed by atoms with E-state index in [0.29, 0.717) is 11.4 Å². The lowest BCUT2D eigenvalue weighted by molar-refractivity contribution is -0.137. The van der Waals surface area contributed by atoms with E-state index in [1.807, 2.05) is 20.0 Å². The third-order valence-electron chi connectivity index (χ3n) is 2.92. The van der Waals surface area contributed by atoms with E-state index in [1.54, 1.807) is 10.6 Å². The first kappa shape index (κ1) is 13.8. The molecule has 0 aliphatic carbocycles. The van der Waals surface area contributed by atoms with Crippen LogP contribution in [0.25, 0.3) is 0 Å². The van der Waals surface area contributed by atoms with Crippen LogP contribution in [0, 0.1) is 6.92 Å². The number of aromatic nitrogens is 4. The molecule has 2 aromatic heterocycles. The minimum absolute atomic E-state index is 0.197. The Bertz CT molecular complexity index is 643. The van der Waals surface area contributed by atoms with E-state index < -0.39 is 5.97 Å². The highest BCUT2D eigenvalue weighted by Crippen LogP contribution is 2.05. The van der Waals surface area contributed by atoms with Gasteiger partial charge in [0.2, 0.25) is 0 Å². The van der Waals surface area contributed by atoms with Crippen LogP contribution in [0.2, 0.25) is 0 Å². The number of rotatable bonds is 5. The molecule has 2 N–H and O–H groups in total. The van der Waals surface area contributed by atoms with Crippen molar-refractivity contribution in [3.05, 3.63) is 35.4 Å². The first-order valence-electron chi connectivity index (χ1n) is 5.98. The van der Waals surface area contributed by atoms with Crippen LogP contribution in [0.3, 0.4) is 0 Å². The number of nitrogens with zero attached hydrogens (tertiary/aromatic N) is 4. The topological polar surface area (TPSA) is 102 Å². The van der Waals surface area contributed by atoms with Crippen LogP contribution in [0.1, 0.15) is 21.9 Å². The average molecular weight is 277 g/mol. The van der Waals surface area contributed by atoms with Crippen molar-refractivity contribution in [1.29, 1.82) is 0 Å². The summed E-state index contributed by atoms with van der Waals surface area (Å²) >= 11 is 0. The summed E-state index contributed by atoms with van der Waals surface area (Å²) < 4.78 is 2.99. The lowest BCUT2D eigenvalue weighted by atomic mass is 10.4. The van der Waals surface area contributed by atoms with Crippen LogP contribution in [-0.2, 0) is 24.9 Å². The van der Waals surface area contributed by atoms with Gasteiger partial charge in [0.1, 0.15) is 17.9 Å². The second kappa shape index (κ2) is 5.55. The zero-order valence-corrected chi connectivity index (χ0v) is 11.2. The fourth-order valence-electron chi connectivity index (χ4n) is 1.74. The highest BCUT2D eigenvalue weighted by atomic mass is 16.4. The van der Waals surface area contributed by atoms with Crippen LogP contribution < -0.4 is 5.32 Å². The second-order valence-corrected chi connectivity index (χ2v) is 4.40. The molecular weight excluding hydrogens is 262 g/mol. The molecule has 0 atom stereocenters. The lowest BCUT2D eigenvalue weighted by Crippen LogP contribution is -2.25. The van der Waals surface area contributed by atoms with Gasteiger partial charge < -0.3 is 15.0 Å². The van der Waals surface area contributed by atoms with Gasteiger partial charge in [-0.25, -0.2) is 4.68 Å². The molecule has 1 amide bonds. The normalized spacial score (nSPS) is 10.5. The van der Waals surface area contributed by atoms with Crippen molar-refractivity contribution in [2.24, 2.45) is 7.05 Å². The van der Waals surface area contributed by atoms with Gasteiger partial charge in [-0.2, -0.15) is 0 Å². The average Bonchev–Trinajstić information content (AvgIpc) is 2.95. The molecule has 2 rings (SSSR count). The van der Waals surface area contributed by atoms with Gasteiger partial charge in [-0.3, -0.25) is 9.59 Å². The highest BCUT2D eigenvalue weighted by Gasteiger charge is 2.11. The SMILES string of the molecule is Cc1ccc(C(=O)NCc2cn(CC(=O)O)nn2)n1C. The van der Waals surface area contributed by atoms with Crippen molar-refractivity contribution in [3.63, 3.8) is 0 Å². The third-order valence-corrected chi connectivity index (χ3v) is 2.92. The molecule has 0 fully saturated rings. The van der Waals surface area contributed by atoms with Gasteiger partial charge in [0.25, 0.3) is 5.91 Å². The van der Waals surface area contributed by atoms with Crippen molar-refractivity contribution >= 4 is 11.9 Å². The number of aliphatic carboxylic acids is 1. The fraction of sp³-hybridized carbons (Fsp3) is 0.333.